The Kier molecular flexibility index (Phi) is 16.0. The van der Waals surface area contributed by atoms with Crippen molar-refractivity contribution in [1.29, 1.82) is 0 Å². The third kappa shape index (κ3) is 13.6. The zero-order valence-electron chi connectivity index (χ0n) is 22.3. The van der Waals surface area contributed by atoms with Crippen molar-refractivity contribution in [3.63, 3.8) is 0 Å². The van der Waals surface area contributed by atoms with Gasteiger partial charge in [-0.25, -0.2) is 13.2 Å². The number of rotatable bonds is 14. The normalized spacial score (nSPS) is 13.1. The molecule has 0 saturated heterocycles. The maximum atomic E-state index is 13.2. The monoisotopic (exact) mass is 539 g/mol. The molecular formula is C28H40F3N3O4. The van der Waals surface area contributed by atoms with E-state index in [9.17, 15) is 22.8 Å². The van der Waals surface area contributed by atoms with E-state index in [1.807, 2.05) is 13.8 Å². The molecule has 2 amide bonds. The van der Waals surface area contributed by atoms with Gasteiger partial charge in [0, 0.05) is 31.7 Å². The lowest BCUT2D eigenvalue weighted by Crippen LogP contribution is -2.50. The van der Waals surface area contributed by atoms with Gasteiger partial charge in [-0.15, -0.1) is 0 Å². The second-order valence-electron chi connectivity index (χ2n) is 9.04. The van der Waals surface area contributed by atoms with Crippen molar-refractivity contribution in [1.82, 2.24) is 10.6 Å². The quantitative estimate of drug-likeness (QED) is 0.290. The van der Waals surface area contributed by atoms with Crippen LogP contribution in [0.5, 0.6) is 0 Å². The fraction of sp³-hybridized carbons (Fsp3) is 0.500. The van der Waals surface area contributed by atoms with Crippen molar-refractivity contribution in [2.24, 2.45) is 11.7 Å². The molecule has 38 heavy (non-hydrogen) atoms. The van der Waals surface area contributed by atoms with Crippen molar-refractivity contribution in [3.8, 4) is 0 Å². The van der Waals surface area contributed by atoms with Crippen molar-refractivity contribution >= 4 is 11.8 Å². The Morgan fingerprint density at radius 3 is 2.18 bits per heavy atom. The third-order valence-electron chi connectivity index (χ3n) is 5.69. The summed E-state index contributed by atoms with van der Waals surface area (Å²) in [6.45, 7) is 6.21. The number of carbonyl (C=O) groups excluding carboxylic acids is 2. The van der Waals surface area contributed by atoms with Gasteiger partial charge in [0.05, 0.1) is 13.2 Å². The molecule has 2 rings (SSSR count). The van der Waals surface area contributed by atoms with Crippen molar-refractivity contribution in [2.75, 3.05) is 13.2 Å². The maximum absolute atomic E-state index is 13.2. The van der Waals surface area contributed by atoms with Crippen LogP contribution < -0.4 is 16.4 Å². The van der Waals surface area contributed by atoms with Crippen LogP contribution in [0.4, 0.5) is 13.2 Å². The molecule has 7 nitrogen and oxygen atoms in total. The Labute approximate surface area is 223 Å². The molecule has 10 heteroatoms. The molecule has 0 spiro atoms. The highest BCUT2D eigenvalue weighted by molar-refractivity contribution is 5.87. The standard InChI is InChI=1S/C26H34F3N3O3.C2H6O/c1-3-17(2)25(26(34)31-14-18-7-9-20(27)10-8-18)32-24(33)6-4-5-23(30)16-35-15-19-11-21(28)13-22(29)12-19;1-2-3/h7-13,17,23,25H,3-6,14-16,30H2,1-2H3,(H,31,34)(H,32,33);3H,2H2,1H3. The van der Waals surface area contributed by atoms with E-state index in [0.717, 1.165) is 11.6 Å². The summed E-state index contributed by atoms with van der Waals surface area (Å²) < 4.78 is 44.9. The van der Waals surface area contributed by atoms with Crippen LogP contribution in [0.3, 0.4) is 0 Å². The van der Waals surface area contributed by atoms with Crippen LogP contribution in [0.25, 0.3) is 0 Å². The Morgan fingerprint density at radius 2 is 1.61 bits per heavy atom. The highest BCUT2D eigenvalue weighted by Gasteiger charge is 2.25. The van der Waals surface area contributed by atoms with Crippen LogP contribution in [0.15, 0.2) is 42.5 Å². The SMILES string of the molecule is CCC(C)C(NC(=O)CCCC(N)COCc1cc(F)cc(F)c1)C(=O)NCc1ccc(F)cc1.CCO. The highest BCUT2D eigenvalue weighted by Crippen LogP contribution is 2.12. The molecule has 0 fully saturated rings. The van der Waals surface area contributed by atoms with E-state index in [1.165, 1.54) is 24.3 Å². The lowest BCUT2D eigenvalue weighted by atomic mass is 9.97. The number of aliphatic hydroxyl groups is 1. The molecule has 0 heterocycles. The fourth-order valence-corrected chi connectivity index (χ4v) is 3.48. The summed E-state index contributed by atoms with van der Waals surface area (Å²) in [6, 6.07) is 8.00. The number of benzene rings is 2. The van der Waals surface area contributed by atoms with Crippen LogP contribution in [0, 0.1) is 23.4 Å². The minimum atomic E-state index is -0.684. The molecule has 212 valence electrons. The van der Waals surface area contributed by atoms with Crippen molar-refractivity contribution in [3.05, 3.63) is 71.0 Å². The number of ether oxygens (including phenoxy) is 1. The van der Waals surface area contributed by atoms with Gasteiger partial charge in [-0.1, -0.05) is 32.4 Å². The maximum Gasteiger partial charge on any atom is 0.243 e. The summed E-state index contributed by atoms with van der Waals surface area (Å²) in [5, 5.41) is 13.2. The Balaban J connectivity index is 0.00000229. The summed E-state index contributed by atoms with van der Waals surface area (Å²) in [5.74, 6) is -2.31. The Bertz CT molecular complexity index is 956. The molecule has 0 aliphatic carbocycles. The van der Waals surface area contributed by atoms with Crippen LogP contribution in [-0.4, -0.2) is 42.2 Å². The zero-order valence-corrected chi connectivity index (χ0v) is 22.3. The lowest BCUT2D eigenvalue weighted by Gasteiger charge is -2.24. The highest BCUT2D eigenvalue weighted by atomic mass is 19.1. The lowest BCUT2D eigenvalue weighted by molar-refractivity contribution is -0.130. The first-order valence-corrected chi connectivity index (χ1v) is 12.8. The summed E-state index contributed by atoms with van der Waals surface area (Å²) in [4.78, 5) is 25.2. The third-order valence-corrected chi connectivity index (χ3v) is 5.69. The topological polar surface area (TPSA) is 114 Å². The molecule has 0 radical (unpaired) electrons. The van der Waals surface area contributed by atoms with E-state index in [1.54, 1.807) is 19.1 Å². The molecule has 5 N–H and O–H groups in total. The number of amides is 2. The largest absolute Gasteiger partial charge is 0.397 e. The van der Waals surface area contributed by atoms with Gasteiger partial charge in [0.25, 0.3) is 0 Å². The van der Waals surface area contributed by atoms with E-state index in [2.05, 4.69) is 10.6 Å². The van der Waals surface area contributed by atoms with Gasteiger partial charge in [-0.2, -0.15) is 0 Å². The summed E-state index contributed by atoms with van der Waals surface area (Å²) in [5.41, 5.74) is 7.15. The summed E-state index contributed by atoms with van der Waals surface area (Å²) in [6.07, 6.45) is 1.90. The minimum absolute atomic E-state index is 0.0342. The number of hydrogen-bond donors (Lipinski definition) is 4. The molecule has 0 aliphatic heterocycles. The van der Waals surface area contributed by atoms with E-state index in [4.69, 9.17) is 15.6 Å². The molecule has 2 aromatic carbocycles. The first-order valence-electron chi connectivity index (χ1n) is 12.8. The first kappa shape index (κ1) is 33.1. The number of aliphatic hydroxyl groups excluding tert-OH is 1. The van der Waals surface area contributed by atoms with Gasteiger partial charge < -0.3 is 26.2 Å². The van der Waals surface area contributed by atoms with E-state index >= 15 is 0 Å². The average molecular weight is 540 g/mol. The molecule has 0 aromatic heterocycles. The number of nitrogens with one attached hydrogen (secondary N) is 2. The second-order valence-corrected chi connectivity index (χ2v) is 9.04. The minimum Gasteiger partial charge on any atom is -0.397 e. The van der Waals surface area contributed by atoms with E-state index in [-0.39, 0.29) is 62.4 Å². The first-order chi connectivity index (χ1) is 18.1. The van der Waals surface area contributed by atoms with Gasteiger partial charge in [0.15, 0.2) is 0 Å². The van der Waals surface area contributed by atoms with E-state index in [0.29, 0.717) is 24.8 Å². The van der Waals surface area contributed by atoms with Gasteiger partial charge in [0.2, 0.25) is 11.8 Å². The molecule has 0 bridgehead atoms. The smallest absolute Gasteiger partial charge is 0.243 e. The van der Waals surface area contributed by atoms with Gasteiger partial charge in [0.1, 0.15) is 23.5 Å². The Hall–Kier alpha value is -2.95. The van der Waals surface area contributed by atoms with E-state index < -0.39 is 17.7 Å². The number of carbonyl (C=O) groups is 2. The molecule has 0 saturated carbocycles. The van der Waals surface area contributed by atoms with Gasteiger partial charge in [-0.3, -0.25) is 9.59 Å². The number of nitrogens with two attached hydrogens (primary N) is 1. The average Bonchev–Trinajstić information content (AvgIpc) is 2.86. The zero-order chi connectivity index (χ0) is 28.5. The predicted molar refractivity (Wildman–Crippen MR) is 140 cm³/mol. The molecule has 3 atom stereocenters. The number of halogens is 3. The van der Waals surface area contributed by atoms with Crippen molar-refractivity contribution in [2.45, 2.75) is 71.7 Å². The summed E-state index contributed by atoms with van der Waals surface area (Å²) >= 11 is 0. The van der Waals surface area contributed by atoms with Crippen LogP contribution in [0.2, 0.25) is 0 Å². The number of hydrogen-bond acceptors (Lipinski definition) is 5. The predicted octanol–water partition coefficient (Wildman–Crippen LogP) is 3.96. The van der Waals surface area contributed by atoms with Crippen molar-refractivity contribution < 1.29 is 32.6 Å². The van der Waals surface area contributed by atoms with Gasteiger partial charge >= 0.3 is 0 Å². The fourth-order valence-electron chi connectivity index (χ4n) is 3.48. The van der Waals surface area contributed by atoms with Crippen LogP contribution >= 0.6 is 0 Å². The molecule has 2 aromatic rings. The molecular weight excluding hydrogens is 499 g/mol. The molecule has 0 aliphatic rings. The van der Waals surface area contributed by atoms with Crippen LogP contribution in [0.1, 0.15) is 57.6 Å². The molecule has 3 unspecified atom stereocenters. The Morgan fingerprint density at radius 1 is 1.00 bits per heavy atom. The summed E-state index contributed by atoms with van der Waals surface area (Å²) in [7, 11) is 0. The van der Waals surface area contributed by atoms with Crippen LogP contribution in [-0.2, 0) is 27.5 Å². The second kappa shape index (κ2) is 18.3. The van der Waals surface area contributed by atoms with Gasteiger partial charge in [-0.05, 0) is 61.1 Å².